The first-order valence-corrected chi connectivity index (χ1v) is 15.0. The molecule has 0 unspecified atom stereocenters. The molecule has 2 heterocycles. The van der Waals surface area contributed by atoms with Crippen molar-refractivity contribution in [1.82, 2.24) is 4.98 Å². The van der Waals surface area contributed by atoms with E-state index in [0.717, 1.165) is 22.4 Å². The fraction of sp³-hybridized carbons (Fsp3) is 0.276. The van der Waals surface area contributed by atoms with Gasteiger partial charge in [-0.3, -0.25) is 4.98 Å². The van der Waals surface area contributed by atoms with Gasteiger partial charge in [0.05, 0.1) is 19.2 Å². The Hall–Kier alpha value is -2.91. The molecular weight excluding hydrogens is 406 g/mol. The highest BCUT2D eigenvalue weighted by Crippen LogP contribution is 2.50. The van der Waals surface area contributed by atoms with Gasteiger partial charge in [-0.1, -0.05) is 69.4 Å². The third kappa shape index (κ3) is 2.49. The molecule has 160 valence electrons. The van der Waals surface area contributed by atoms with Gasteiger partial charge >= 0.3 is 0 Å². The Morgan fingerprint density at radius 3 is 2.34 bits per heavy atom. The summed E-state index contributed by atoms with van der Waals surface area (Å²) in [6.45, 7) is 16.2. The molecular formula is C29H29NOSi. The van der Waals surface area contributed by atoms with Gasteiger partial charge in [0, 0.05) is 28.1 Å². The first-order valence-electron chi connectivity index (χ1n) is 11.5. The zero-order valence-corrected chi connectivity index (χ0v) is 21.0. The van der Waals surface area contributed by atoms with Crippen molar-refractivity contribution in [3.05, 3.63) is 70.9 Å². The molecule has 0 atom stereocenters. The van der Waals surface area contributed by atoms with Crippen LogP contribution in [0.5, 0.6) is 0 Å². The lowest BCUT2D eigenvalue weighted by Gasteiger charge is -2.29. The Morgan fingerprint density at radius 2 is 1.59 bits per heavy atom. The van der Waals surface area contributed by atoms with Crippen molar-refractivity contribution in [2.45, 2.75) is 52.8 Å². The van der Waals surface area contributed by atoms with Gasteiger partial charge in [-0.25, -0.2) is 0 Å². The number of aromatic nitrogens is 1. The van der Waals surface area contributed by atoms with Crippen LogP contribution in [0.4, 0.5) is 0 Å². The minimum atomic E-state index is -1.60. The standard InChI is InChI=1S/C29H29NOSi/c1-16-8-9-18-13-20-22(14-19(18)12-16)29(3,4)21-10-11-23(32(5,6)7)28-24(21)25-26(20)30-15-17(2)27(25)31-28/h8-15H,1-7H3. The number of hydrogen-bond donors (Lipinski definition) is 0. The summed E-state index contributed by atoms with van der Waals surface area (Å²) < 4.78 is 6.70. The van der Waals surface area contributed by atoms with Crippen molar-refractivity contribution < 1.29 is 4.42 Å². The second-order valence-corrected chi connectivity index (χ2v) is 16.1. The average molecular weight is 436 g/mol. The summed E-state index contributed by atoms with van der Waals surface area (Å²) in [6, 6.07) is 16.2. The first-order chi connectivity index (χ1) is 15.1. The fourth-order valence-corrected chi connectivity index (χ4v) is 7.02. The van der Waals surface area contributed by atoms with Crippen molar-refractivity contribution >= 4 is 46.0 Å². The summed E-state index contributed by atoms with van der Waals surface area (Å²) in [6.07, 6.45) is 1.98. The number of nitrogens with zero attached hydrogens (tertiary/aromatic N) is 1. The zero-order chi connectivity index (χ0) is 22.6. The minimum Gasteiger partial charge on any atom is -0.456 e. The Labute approximate surface area is 190 Å². The van der Waals surface area contributed by atoms with Crippen LogP contribution in [0.3, 0.4) is 0 Å². The van der Waals surface area contributed by atoms with Gasteiger partial charge in [-0.05, 0) is 53.1 Å². The van der Waals surface area contributed by atoms with Crippen molar-refractivity contribution in [1.29, 1.82) is 0 Å². The van der Waals surface area contributed by atoms with E-state index in [4.69, 9.17) is 9.40 Å². The highest BCUT2D eigenvalue weighted by atomic mass is 28.3. The Bertz CT molecular complexity index is 1600. The minimum absolute atomic E-state index is 0.172. The maximum Gasteiger partial charge on any atom is 0.142 e. The van der Waals surface area contributed by atoms with Crippen LogP contribution in [0.1, 0.15) is 36.1 Å². The third-order valence-corrected chi connectivity index (χ3v) is 9.37. The maximum absolute atomic E-state index is 6.70. The normalized spacial score (nSPS) is 15.0. The highest BCUT2D eigenvalue weighted by molar-refractivity contribution is 6.90. The maximum atomic E-state index is 6.70. The summed E-state index contributed by atoms with van der Waals surface area (Å²) in [7, 11) is -1.60. The van der Waals surface area contributed by atoms with E-state index < -0.39 is 8.07 Å². The fourth-order valence-electron chi connectivity index (χ4n) is 5.58. The van der Waals surface area contributed by atoms with Crippen molar-refractivity contribution in [3.63, 3.8) is 0 Å². The zero-order valence-electron chi connectivity index (χ0n) is 20.0. The van der Waals surface area contributed by atoms with E-state index in [-0.39, 0.29) is 5.41 Å². The van der Waals surface area contributed by atoms with Crippen LogP contribution < -0.4 is 5.19 Å². The first kappa shape index (κ1) is 19.7. The number of aryl methyl sites for hydroxylation is 2. The lowest BCUT2D eigenvalue weighted by atomic mass is 9.75. The molecule has 32 heavy (non-hydrogen) atoms. The molecule has 3 heteroatoms. The number of benzene rings is 3. The van der Waals surface area contributed by atoms with Gasteiger partial charge in [0.1, 0.15) is 11.2 Å². The van der Waals surface area contributed by atoms with Crippen LogP contribution in [-0.4, -0.2) is 13.1 Å². The predicted octanol–water partition coefficient (Wildman–Crippen LogP) is 7.60. The largest absolute Gasteiger partial charge is 0.456 e. The number of hydrogen-bond acceptors (Lipinski definition) is 2. The third-order valence-electron chi connectivity index (χ3n) is 7.36. The molecule has 0 saturated carbocycles. The van der Waals surface area contributed by atoms with Gasteiger partial charge in [-0.15, -0.1) is 0 Å². The van der Waals surface area contributed by atoms with Gasteiger partial charge in [0.25, 0.3) is 0 Å². The van der Waals surface area contributed by atoms with Crippen LogP contribution in [0, 0.1) is 13.8 Å². The number of rotatable bonds is 1. The molecule has 2 nitrogen and oxygen atoms in total. The summed E-state index contributed by atoms with van der Waals surface area (Å²) >= 11 is 0. The lowest BCUT2D eigenvalue weighted by Crippen LogP contribution is -2.38. The van der Waals surface area contributed by atoms with Crippen molar-refractivity contribution in [3.8, 4) is 11.3 Å². The molecule has 1 aliphatic rings. The van der Waals surface area contributed by atoms with Crippen LogP contribution in [-0.2, 0) is 5.41 Å². The SMILES string of the molecule is Cc1ccc2cc3c(cc2c1)C(C)(C)c1ccc([Si](C)(C)C)c2oc4c(C)cnc-3c4c12. The van der Waals surface area contributed by atoms with E-state index in [1.807, 2.05) is 6.20 Å². The molecule has 0 fully saturated rings. The molecule has 2 aromatic heterocycles. The molecule has 1 aliphatic carbocycles. The smallest absolute Gasteiger partial charge is 0.142 e. The van der Waals surface area contributed by atoms with Gasteiger partial charge in [0.15, 0.2) is 0 Å². The quantitative estimate of drug-likeness (QED) is 0.253. The van der Waals surface area contributed by atoms with E-state index >= 15 is 0 Å². The molecule has 0 aliphatic heterocycles. The van der Waals surface area contributed by atoms with E-state index in [1.165, 1.54) is 49.0 Å². The van der Waals surface area contributed by atoms with Crippen LogP contribution in [0.25, 0.3) is 44.0 Å². The lowest BCUT2D eigenvalue weighted by molar-refractivity contribution is 0.644. The number of furan rings is 1. The molecule has 0 spiro atoms. The molecule has 0 amide bonds. The summed E-state index contributed by atoms with van der Waals surface area (Å²) in [5, 5.41) is 6.40. The second kappa shape index (κ2) is 6.11. The molecule has 3 aromatic carbocycles. The summed E-state index contributed by atoms with van der Waals surface area (Å²) in [5.74, 6) is 0. The number of pyridine rings is 1. The van der Waals surface area contributed by atoms with E-state index in [1.54, 1.807) is 0 Å². The van der Waals surface area contributed by atoms with E-state index in [0.29, 0.717) is 0 Å². The van der Waals surface area contributed by atoms with Crippen molar-refractivity contribution in [2.24, 2.45) is 0 Å². The number of fused-ring (bicyclic) bond motifs is 3. The van der Waals surface area contributed by atoms with Gasteiger partial charge < -0.3 is 4.42 Å². The summed E-state index contributed by atoms with van der Waals surface area (Å²) in [4.78, 5) is 5.03. The van der Waals surface area contributed by atoms with Crippen molar-refractivity contribution in [2.75, 3.05) is 0 Å². The molecule has 5 aromatic rings. The second-order valence-electron chi connectivity index (χ2n) is 11.1. The Kier molecular flexibility index (Phi) is 3.77. The average Bonchev–Trinajstić information content (AvgIpc) is 3.09. The Balaban J connectivity index is 1.87. The van der Waals surface area contributed by atoms with Crippen LogP contribution in [0.2, 0.25) is 19.6 Å². The van der Waals surface area contributed by atoms with Crippen LogP contribution in [0.15, 0.2) is 53.1 Å². The van der Waals surface area contributed by atoms with E-state index in [9.17, 15) is 0 Å². The Morgan fingerprint density at radius 1 is 0.812 bits per heavy atom. The molecule has 6 rings (SSSR count). The monoisotopic (exact) mass is 435 g/mol. The van der Waals surface area contributed by atoms with Gasteiger partial charge in [0.2, 0.25) is 0 Å². The molecule has 0 radical (unpaired) electrons. The topological polar surface area (TPSA) is 26.0 Å². The predicted molar refractivity (Wildman–Crippen MR) is 139 cm³/mol. The molecule has 0 N–H and O–H groups in total. The van der Waals surface area contributed by atoms with E-state index in [2.05, 4.69) is 89.8 Å². The molecule has 0 bridgehead atoms. The molecule has 0 saturated heterocycles. The van der Waals surface area contributed by atoms with Gasteiger partial charge in [-0.2, -0.15) is 0 Å². The highest BCUT2D eigenvalue weighted by Gasteiger charge is 2.36. The van der Waals surface area contributed by atoms with Crippen LogP contribution >= 0.6 is 0 Å². The summed E-state index contributed by atoms with van der Waals surface area (Å²) in [5.41, 5.74) is 9.25.